The van der Waals surface area contributed by atoms with E-state index < -0.39 is 12.0 Å². The second-order valence-corrected chi connectivity index (χ2v) is 5.11. The standard InChI is InChI=1S/C15H21NO2/c1-12-7-6-8-13(11-12)14(15(17)18)16-9-4-2-3-5-10-16/h6-8,11,14H,2-5,9-10H2,1H3,(H,17,18). The fraction of sp³-hybridized carbons (Fsp3) is 0.533. The van der Waals surface area contributed by atoms with Gasteiger partial charge in [0.25, 0.3) is 0 Å². The Balaban J connectivity index is 2.24. The first-order chi connectivity index (χ1) is 8.68. The maximum absolute atomic E-state index is 11.6. The molecule has 3 nitrogen and oxygen atoms in total. The molecule has 1 aromatic carbocycles. The maximum atomic E-state index is 11.6. The highest BCUT2D eigenvalue weighted by molar-refractivity contribution is 5.75. The molecule has 1 aliphatic heterocycles. The monoisotopic (exact) mass is 247 g/mol. The number of rotatable bonds is 3. The van der Waals surface area contributed by atoms with Crippen molar-refractivity contribution < 1.29 is 9.90 Å². The van der Waals surface area contributed by atoms with Crippen molar-refractivity contribution in [3.63, 3.8) is 0 Å². The molecule has 1 fully saturated rings. The Hall–Kier alpha value is -1.35. The summed E-state index contributed by atoms with van der Waals surface area (Å²) in [6, 6.07) is 7.38. The number of hydrogen-bond donors (Lipinski definition) is 1. The number of aryl methyl sites for hydroxylation is 1. The van der Waals surface area contributed by atoms with Crippen molar-refractivity contribution in [2.75, 3.05) is 13.1 Å². The van der Waals surface area contributed by atoms with E-state index in [0.29, 0.717) is 0 Å². The number of nitrogens with zero attached hydrogens (tertiary/aromatic N) is 1. The smallest absolute Gasteiger partial charge is 0.325 e. The minimum atomic E-state index is -0.734. The lowest BCUT2D eigenvalue weighted by Crippen LogP contribution is -2.34. The second-order valence-electron chi connectivity index (χ2n) is 5.11. The Kier molecular flexibility index (Phi) is 4.37. The lowest BCUT2D eigenvalue weighted by Gasteiger charge is -2.27. The van der Waals surface area contributed by atoms with Gasteiger partial charge in [-0.05, 0) is 38.4 Å². The number of aliphatic carboxylic acids is 1. The molecule has 0 aromatic heterocycles. The molecule has 98 valence electrons. The number of likely N-dealkylation sites (tertiary alicyclic amines) is 1. The van der Waals surface area contributed by atoms with Gasteiger partial charge in [0, 0.05) is 0 Å². The van der Waals surface area contributed by atoms with Crippen molar-refractivity contribution in [2.45, 2.75) is 38.6 Å². The predicted octanol–water partition coefficient (Wildman–Crippen LogP) is 3.00. The van der Waals surface area contributed by atoms with E-state index in [-0.39, 0.29) is 0 Å². The molecule has 1 saturated heterocycles. The zero-order valence-electron chi connectivity index (χ0n) is 10.9. The van der Waals surface area contributed by atoms with Crippen LogP contribution in [0.2, 0.25) is 0 Å². The number of benzene rings is 1. The van der Waals surface area contributed by atoms with Gasteiger partial charge in [-0.2, -0.15) is 0 Å². The first-order valence-electron chi connectivity index (χ1n) is 6.72. The van der Waals surface area contributed by atoms with Gasteiger partial charge in [-0.3, -0.25) is 9.69 Å². The van der Waals surface area contributed by atoms with Crippen LogP contribution in [-0.4, -0.2) is 29.1 Å². The van der Waals surface area contributed by atoms with Crippen molar-refractivity contribution in [3.8, 4) is 0 Å². The van der Waals surface area contributed by atoms with E-state index in [0.717, 1.165) is 37.1 Å². The molecule has 1 heterocycles. The van der Waals surface area contributed by atoms with Gasteiger partial charge < -0.3 is 5.11 Å². The van der Waals surface area contributed by atoms with Crippen molar-refractivity contribution >= 4 is 5.97 Å². The van der Waals surface area contributed by atoms with Gasteiger partial charge in [-0.1, -0.05) is 42.7 Å². The van der Waals surface area contributed by atoms with Crippen LogP contribution in [0.1, 0.15) is 42.9 Å². The lowest BCUT2D eigenvalue weighted by atomic mass is 10.0. The predicted molar refractivity (Wildman–Crippen MR) is 71.6 cm³/mol. The Morgan fingerprint density at radius 1 is 1.22 bits per heavy atom. The molecule has 0 bridgehead atoms. The molecular weight excluding hydrogens is 226 g/mol. The van der Waals surface area contributed by atoms with Crippen LogP contribution in [0.25, 0.3) is 0 Å². The molecule has 0 radical (unpaired) electrons. The summed E-state index contributed by atoms with van der Waals surface area (Å²) in [5.41, 5.74) is 2.03. The fourth-order valence-electron chi connectivity index (χ4n) is 2.70. The average molecular weight is 247 g/mol. The molecule has 2 rings (SSSR count). The summed E-state index contributed by atoms with van der Waals surface area (Å²) in [5, 5.41) is 9.52. The van der Waals surface area contributed by atoms with Gasteiger partial charge in [-0.25, -0.2) is 0 Å². The van der Waals surface area contributed by atoms with E-state index in [1.807, 2.05) is 31.2 Å². The molecular formula is C15H21NO2. The molecule has 0 aliphatic carbocycles. The number of hydrogen-bond acceptors (Lipinski definition) is 2. The highest BCUT2D eigenvalue weighted by Gasteiger charge is 2.27. The molecule has 0 spiro atoms. The van der Waals surface area contributed by atoms with E-state index in [9.17, 15) is 9.90 Å². The molecule has 0 saturated carbocycles. The molecule has 1 N–H and O–H groups in total. The van der Waals surface area contributed by atoms with E-state index >= 15 is 0 Å². The van der Waals surface area contributed by atoms with Crippen LogP contribution in [0.4, 0.5) is 0 Å². The van der Waals surface area contributed by atoms with Crippen LogP contribution >= 0.6 is 0 Å². The summed E-state index contributed by atoms with van der Waals surface area (Å²) in [6.07, 6.45) is 4.65. The Labute approximate surface area is 108 Å². The Morgan fingerprint density at radius 3 is 2.44 bits per heavy atom. The molecule has 0 amide bonds. The zero-order chi connectivity index (χ0) is 13.0. The largest absolute Gasteiger partial charge is 0.480 e. The molecule has 1 unspecified atom stereocenters. The summed E-state index contributed by atoms with van der Waals surface area (Å²) in [4.78, 5) is 13.7. The summed E-state index contributed by atoms with van der Waals surface area (Å²) >= 11 is 0. The summed E-state index contributed by atoms with van der Waals surface area (Å²) in [6.45, 7) is 3.79. The highest BCUT2D eigenvalue weighted by atomic mass is 16.4. The van der Waals surface area contributed by atoms with E-state index in [2.05, 4.69) is 4.90 Å². The zero-order valence-corrected chi connectivity index (χ0v) is 10.9. The average Bonchev–Trinajstić information content (AvgIpc) is 2.58. The van der Waals surface area contributed by atoms with E-state index in [4.69, 9.17) is 0 Å². The fourth-order valence-corrected chi connectivity index (χ4v) is 2.70. The van der Waals surface area contributed by atoms with Crippen molar-refractivity contribution in [2.24, 2.45) is 0 Å². The SMILES string of the molecule is Cc1cccc(C(C(=O)O)N2CCCCCC2)c1. The van der Waals surface area contributed by atoms with Gasteiger partial charge in [0.05, 0.1) is 0 Å². The Bertz CT molecular complexity index is 409. The summed E-state index contributed by atoms with van der Waals surface area (Å²) in [7, 11) is 0. The summed E-state index contributed by atoms with van der Waals surface area (Å²) in [5.74, 6) is -0.734. The van der Waals surface area contributed by atoms with Gasteiger partial charge in [-0.15, -0.1) is 0 Å². The van der Waals surface area contributed by atoms with Crippen molar-refractivity contribution in [3.05, 3.63) is 35.4 Å². The third-order valence-corrected chi connectivity index (χ3v) is 3.60. The van der Waals surface area contributed by atoms with Crippen LogP contribution in [0.5, 0.6) is 0 Å². The molecule has 1 aromatic rings. The topological polar surface area (TPSA) is 40.5 Å². The minimum absolute atomic E-state index is 0.483. The van der Waals surface area contributed by atoms with Crippen molar-refractivity contribution in [1.82, 2.24) is 4.90 Å². The molecule has 18 heavy (non-hydrogen) atoms. The minimum Gasteiger partial charge on any atom is -0.480 e. The number of carboxylic acid groups (broad SMARTS) is 1. The number of carboxylic acids is 1. The van der Waals surface area contributed by atoms with Crippen LogP contribution in [0.3, 0.4) is 0 Å². The lowest BCUT2D eigenvalue weighted by molar-refractivity contribution is -0.143. The normalized spacial score (nSPS) is 19.2. The van der Waals surface area contributed by atoms with Gasteiger partial charge in [0.15, 0.2) is 0 Å². The quantitative estimate of drug-likeness (QED) is 0.892. The van der Waals surface area contributed by atoms with Gasteiger partial charge in [0.1, 0.15) is 6.04 Å². The third-order valence-electron chi connectivity index (χ3n) is 3.60. The summed E-state index contributed by atoms with van der Waals surface area (Å²) < 4.78 is 0. The third kappa shape index (κ3) is 3.10. The molecule has 3 heteroatoms. The van der Waals surface area contributed by atoms with E-state index in [1.54, 1.807) is 0 Å². The van der Waals surface area contributed by atoms with Gasteiger partial charge >= 0.3 is 5.97 Å². The maximum Gasteiger partial charge on any atom is 0.325 e. The molecule has 1 atom stereocenters. The Morgan fingerprint density at radius 2 is 1.89 bits per heavy atom. The first-order valence-corrected chi connectivity index (χ1v) is 6.72. The van der Waals surface area contributed by atoms with Gasteiger partial charge in [0.2, 0.25) is 0 Å². The van der Waals surface area contributed by atoms with Crippen LogP contribution in [0, 0.1) is 6.92 Å². The first kappa shape index (κ1) is 13.1. The van der Waals surface area contributed by atoms with Crippen molar-refractivity contribution in [1.29, 1.82) is 0 Å². The van der Waals surface area contributed by atoms with E-state index in [1.165, 1.54) is 12.8 Å². The van der Waals surface area contributed by atoms with Crippen LogP contribution in [-0.2, 0) is 4.79 Å². The number of carbonyl (C=O) groups is 1. The molecule has 1 aliphatic rings. The second kappa shape index (κ2) is 6.01. The van der Waals surface area contributed by atoms with Crippen LogP contribution in [0.15, 0.2) is 24.3 Å². The highest BCUT2D eigenvalue weighted by Crippen LogP contribution is 2.25. The van der Waals surface area contributed by atoms with Crippen LogP contribution < -0.4 is 0 Å².